The van der Waals surface area contributed by atoms with Crippen molar-refractivity contribution in [3.8, 4) is 0 Å². The van der Waals surface area contributed by atoms with Gasteiger partial charge in [0.2, 0.25) is 0 Å². The fourth-order valence-electron chi connectivity index (χ4n) is 3.10. The van der Waals surface area contributed by atoms with Crippen LogP contribution in [0, 0.1) is 19.8 Å². The first-order chi connectivity index (χ1) is 9.16. The number of benzene rings is 2. The lowest BCUT2D eigenvalue weighted by atomic mass is 9.90. The molecule has 0 amide bonds. The summed E-state index contributed by atoms with van der Waals surface area (Å²) in [5.41, 5.74) is 6.07. The molecule has 0 heterocycles. The van der Waals surface area contributed by atoms with Crippen LogP contribution in [0.15, 0.2) is 42.5 Å². The van der Waals surface area contributed by atoms with Crippen LogP contribution >= 0.6 is 0 Å². The molecule has 1 nitrogen and oxygen atoms in total. The van der Waals surface area contributed by atoms with E-state index in [0.29, 0.717) is 5.78 Å². The van der Waals surface area contributed by atoms with Crippen LogP contribution in [-0.4, -0.2) is 5.78 Å². The number of fused-ring (bicyclic) bond motifs is 1. The number of carbonyl (C=O) groups excluding carboxylic acids is 1. The van der Waals surface area contributed by atoms with Gasteiger partial charge in [-0.3, -0.25) is 4.79 Å². The van der Waals surface area contributed by atoms with Gasteiger partial charge in [0.15, 0.2) is 5.78 Å². The average molecular weight is 250 g/mol. The predicted molar refractivity (Wildman–Crippen MR) is 77.6 cm³/mol. The summed E-state index contributed by atoms with van der Waals surface area (Å²) in [6.45, 7) is 4.27. The van der Waals surface area contributed by atoms with Gasteiger partial charge in [-0.25, -0.2) is 0 Å². The average Bonchev–Trinajstić information content (AvgIpc) is 2.72. The van der Waals surface area contributed by atoms with Gasteiger partial charge in [-0.1, -0.05) is 42.5 Å². The Morgan fingerprint density at radius 2 is 1.68 bits per heavy atom. The molecule has 1 atom stereocenters. The second-order valence-electron chi connectivity index (χ2n) is 5.50. The Hall–Kier alpha value is -1.89. The highest BCUT2D eigenvalue weighted by Crippen LogP contribution is 2.30. The van der Waals surface area contributed by atoms with E-state index in [9.17, 15) is 4.79 Å². The molecule has 3 rings (SSSR count). The van der Waals surface area contributed by atoms with Gasteiger partial charge in [0.25, 0.3) is 0 Å². The van der Waals surface area contributed by atoms with Crippen molar-refractivity contribution in [1.82, 2.24) is 0 Å². The van der Waals surface area contributed by atoms with Gasteiger partial charge in [-0.05, 0) is 48.9 Å². The Kier molecular flexibility index (Phi) is 2.98. The largest absolute Gasteiger partial charge is 0.294 e. The van der Waals surface area contributed by atoms with Crippen molar-refractivity contribution in [2.75, 3.05) is 0 Å². The number of hydrogen-bond acceptors (Lipinski definition) is 1. The highest BCUT2D eigenvalue weighted by Gasteiger charge is 2.30. The molecule has 0 N–H and O–H groups in total. The molecule has 1 unspecified atom stereocenters. The molecule has 1 aliphatic rings. The van der Waals surface area contributed by atoms with Crippen molar-refractivity contribution in [3.63, 3.8) is 0 Å². The van der Waals surface area contributed by atoms with Crippen molar-refractivity contribution in [1.29, 1.82) is 0 Å². The smallest absolute Gasteiger partial charge is 0.166 e. The normalized spacial score (nSPS) is 17.6. The molecule has 0 radical (unpaired) electrons. The molecule has 0 fully saturated rings. The first-order valence-electron chi connectivity index (χ1n) is 6.84. The van der Waals surface area contributed by atoms with Crippen molar-refractivity contribution in [2.24, 2.45) is 5.92 Å². The van der Waals surface area contributed by atoms with Gasteiger partial charge in [0.05, 0.1) is 0 Å². The summed E-state index contributed by atoms with van der Waals surface area (Å²) in [6.07, 6.45) is 1.76. The minimum Gasteiger partial charge on any atom is -0.294 e. The lowest BCUT2D eigenvalue weighted by molar-refractivity contribution is 0.0936. The van der Waals surface area contributed by atoms with Crippen LogP contribution in [0.4, 0.5) is 0 Å². The van der Waals surface area contributed by atoms with E-state index in [-0.39, 0.29) is 5.92 Å². The van der Waals surface area contributed by atoms with E-state index >= 15 is 0 Å². The second kappa shape index (κ2) is 4.65. The summed E-state index contributed by atoms with van der Waals surface area (Å²) in [5, 5.41) is 0. The predicted octanol–water partition coefficient (Wildman–Crippen LogP) is 3.90. The Morgan fingerprint density at radius 3 is 2.37 bits per heavy atom. The molecule has 96 valence electrons. The zero-order chi connectivity index (χ0) is 13.4. The van der Waals surface area contributed by atoms with E-state index in [1.807, 2.05) is 18.2 Å². The zero-order valence-electron chi connectivity index (χ0n) is 11.4. The topological polar surface area (TPSA) is 17.1 Å². The van der Waals surface area contributed by atoms with Crippen LogP contribution in [0.2, 0.25) is 0 Å². The van der Waals surface area contributed by atoms with Gasteiger partial charge in [-0.2, -0.15) is 0 Å². The van der Waals surface area contributed by atoms with E-state index < -0.39 is 0 Å². The molecule has 0 saturated heterocycles. The number of Topliss-reactive ketones (excluding diaryl/α,β-unsaturated/α-hetero) is 1. The number of rotatable bonds is 2. The fourth-order valence-corrected chi connectivity index (χ4v) is 3.10. The zero-order valence-corrected chi connectivity index (χ0v) is 11.4. The third-order valence-corrected chi connectivity index (χ3v) is 4.21. The summed E-state index contributed by atoms with van der Waals surface area (Å²) >= 11 is 0. The van der Waals surface area contributed by atoms with E-state index in [1.54, 1.807) is 0 Å². The van der Waals surface area contributed by atoms with Crippen LogP contribution < -0.4 is 0 Å². The molecule has 1 heteroatoms. The molecular weight excluding hydrogens is 232 g/mol. The minimum atomic E-state index is 0.122. The third kappa shape index (κ3) is 2.10. The molecule has 2 aromatic carbocycles. The van der Waals surface area contributed by atoms with Crippen LogP contribution in [0.3, 0.4) is 0 Å². The molecule has 0 aromatic heterocycles. The van der Waals surface area contributed by atoms with E-state index in [2.05, 4.69) is 38.1 Å². The number of ketones is 1. The quantitative estimate of drug-likeness (QED) is 0.790. The number of hydrogen-bond donors (Lipinski definition) is 0. The molecule has 0 aliphatic heterocycles. The van der Waals surface area contributed by atoms with Crippen LogP contribution in [0.5, 0.6) is 0 Å². The maximum atomic E-state index is 12.4. The van der Waals surface area contributed by atoms with Crippen molar-refractivity contribution in [3.05, 3.63) is 70.3 Å². The monoisotopic (exact) mass is 250 g/mol. The summed E-state index contributed by atoms with van der Waals surface area (Å²) < 4.78 is 0. The first-order valence-corrected chi connectivity index (χ1v) is 6.84. The van der Waals surface area contributed by atoms with Gasteiger partial charge in [0.1, 0.15) is 0 Å². The maximum Gasteiger partial charge on any atom is 0.166 e. The Labute approximate surface area is 114 Å². The molecular formula is C18H18O. The SMILES string of the molecule is Cc1cccc(C)c1CC1Cc2ccccc2C1=O. The maximum absolute atomic E-state index is 12.4. The molecule has 1 aliphatic carbocycles. The lowest BCUT2D eigenvalue weighted by Crippen LogP contribution is -2.13. The van der Waals surface area contributed by atoms with Gasteiger partial charge in [0, 0.05) is 11.5 Å². The minimum absolute atomic E-state index is 0.122. The Morgan fingerprint density at radius 1 is 1.00 bits per heavy atom. The third-order valence-electron chi connectivity index (χ3n) is 4.21. The van der Waals surface area contributed by atoms with Crippen molar-refractivity contribution < 1.29 is 4.79 Å². The van der Waals surface area contributed by atoms with Crippen molar-refractivity contribution in [2.45, 2.75) is 26.7 Å². The summed E-state index contributed by atoms with van der Waals surface area (Å²) in [7, 11) is 0. The summed E-state index contributed by atoms with van der Waals surface area (Å²) in [4.78, 5) is 12.4. The van der Waals surface area contributed by atoms with Crippen molar-refractivity contribution >= 4 is 5.78 Å². The lowest BCUT2D eigenvalue weighted by Gasteiger charge is -2.13. The van der Waals surface area contributed by atoms with Gasteiger partial charge in [-0.15, -0.1) is 0 Å². The Bertz CT molecular complexity index is 620. The standard InChI is InChI=1S/C18H18O/c1-12-6-5-7-13(2)17(12)11-15-10-14-8-3-4-9-16(14)18(15)19/h3-9,15H,10-11H2,1-2H3. The molecule has 2 aromatic rings. The van der Waals surface area contributed by atoms with Gasteiger partial charge >= 0.3 is 0 Å². The van der Waals surface area contributed by atoms with E-state index in [1.165, 1.54) is 22.3 Å². The highest BCUT2D eigenvalue weighted by atomic mass is 16.1. The van der Waals surface area contributed by atoms with Crippen LogP contribution in [0.1, 0.15) is 32.6 Å². The van der Waals surface area contributed by atoms with Crippen LogP contribution in [-0.2, 0) is 12.8 Å². The molecule has 0 bridgehead atoms. The highest BCUT2D eigenvalue weighted by molar-refractivity contribution is 6.02. The molecule has 0 spiro atoms. The fraction of sp³-hybridized carbons (Fsp3) is 0.278. The van der Waals surface area contributed by atoms with Crippen LogP contribution in [0.25, 0.3) is 0 Å². The molecule has 0 saturated carbocycles. The first kappa shape index (κ1) is 12.2. The van der Waals surface area contributed by atoms with E-state index in [4.69, 9.17) is 0 Å². The number of aryl methyl sites for hydroxylation is 2. The van der Waals surface area contributed by atoms with E-state index in [0.717, 1.165) is 18.4 Å². The van der Waals surface area contributed by atoms with Gasteiger partial charge < -0.3 is 0 Å². The summed E-state index contributed by atoms with van der Waals surface area (Å²) in [5.74, 6) is 0.440. The second-order valence-corrected chi connectivity index (χ2v) is 5.50. The Balaban J connectivity index is 1.89. The summed E-state index contributed by atoms with van der Waals surface area (Å²) in [6, 6.07) is 14.4. The molecule has 19 heavy (non-hydrogen) atoms. The number of carbonyl (C=O) groups is 1.